The molecule has 0 aliphatic carbocycles. The number of fused-ring (bicyclic) bond motifs is 1. The SMILES string of the molecule is CN(CC1CCCCN1C(=O)OC(C)(C)C)c1nc2cc([N+](=O)[O-])ccc2o1. The van der Waals surface area contributed by atoms with Crippen LogP contribution < -0.4 is 4.90 Å². The van der Waals surface area contributed by atoms with Crippen molar-refractivity contribution in [2.24, 2.45) is 0 Å². The molecule has 1 aromatic heterocycles. The Morgan fingerprint density at radius 1 is 1.43 bits per heavy atom. The van der Waals surface area contributed by atoms with Gasteiger partial charge in [0.1, 0.15) is 11.1 Å². The van der Waals surface area contributed by atoms with Crippen LogP contribution >= 0.6 is 0 Å². The van der Waals surface area contributed by atoms with Crippen molar-refractivity contribution in [2.45, 2.75) is 51.7 Å². The van der Waals surface area contributed by atoms with E-state index < -0.39 is 10.5 Å². The standard InChI is InChI=1S/C19H26N4O5/c1-19(2,3)28-18(24)22-10-6-5-7-14(22)12-21(4)17-20-15-11-13(23(25)26)8-9-16(15)27-17/h8-9,11,14H,5-7,10,12H2,1-4H3. The fourth-order valence-corrected chi connectivity index (χ4v) is 3.33. The van der Waals surface area contributed by atoms with Gasteiger partial charge in [0.25, 0.3) is 11.7 Å². The molecular formula is C19H26N4O5. The first-order valence-electron chi connectivity index (χ1n) is 9.40. The highest BCUT2D eigenvalue weighted by atomic mass is 16.6. The van der Waals surface area contributed by atoms with E-state index in [1.54, 1.807) is 11.0 Å². The summed E-state index contributed by atoms with van der Waals surface area (Å²) >= 11 is 0. The van der Waals surface area contributed by atoms with Gasteiger partial charge in [0, 0.05) is 32.3 Å². The third-order valence-electron chi connectivity index (χ3n) is 4.64. The smallest absolute Gasteiger partial charge is 0.410 e. The van der Waals surface area contributed by atoms with Crippen molar-refractivity contribution in [1.82, 2.24) is 9.88 Å². The van der Waals surface area contributed by atoms with Gasteiger partial charge >= 0.3 is 6.09 Å². The highest BCUT2D eigenvalue weighted by Crippen LogP contribution is 2.27. The molecule has 1 aliphatic heterocycles. The molecule has 0 spiro atoms. The zero-order valence-corrected chi connectivity index (χ0v) is 16.7. The molecule has 0 radical (unpaired) electrons. The summed E-state index contributed by atoms with van der Waals surface area (Å²) in [6.07, 6.45) is 2.55. The Kier molecular flexibility index (Phi) is 5.44. The van der Waals surface area contributed by atoms with E-state index in [2.05, 4.69) is 4.98 Å². The summed E-state index contributed by atoms with van der Waals surface area (Å²) in [5, 5.41) is 10.9. The van der Waals surface area contributed by atoms with E-state index in [1.165, 1.54) is 12.1 Å². The Bertz CT molecular complexity index is 873. The molecule has 0 saturated carbocycles. The molecule has 3 rings (SSSR count). The number of piperidine rings is 1. The number of nitrogens with zero attached hydrogens (tertiary/aromatic N) is 4. The highest BCUT2D eigenvalue weighted by Gasteiger charge is 2.31. The lowest BCUT2D eigenvalue weighted by Gasteiger charge is -2.38. The maximum Gasteiger partial charge on any atom is 0.410 e. The maximum absolute atomic E-state index is 12.6. The molecule has 2 aromatic rings. The minimum atomic E-state index is -0.542. The van der Waals surface area contributed by atoms with Gasteiger partial charge in [-0.3, -0.25) is 10.1 Å². The summed E-state index contributed by atoms with van der Waals surface area (Å²) in [5.74, 6) is 0. The second-order valence-corrected chi connectivity index (χ2v) is 8.11. The Morgan fingerprint density at radius 3 is 2.86 bits per heavy atom. The minimum absolute atomic E-state index is 0.0158. The maximum atomic E-state index is 12.6. The van der Waals surface area contributed by atoms with E-state index in [9.17, 15) is 14.9 Å². The summed E-state index contributed by atoms with van der Waals surface area (Å²) in [4.78, 5) is 31.0. The number of oxazole rings is 1. The molecule has 0 N–H and O–H groups in total. The number of hydrogen-bond acceptors (Lipinski definition) is 7. The molecule has 28 heavy (non-hydrogen) atoms. The Hall–Kier alpha value is -2.84. The molecule has 1 aromatic carbocycles. The molecule has 1 fully saturated rings. The first kappa shape index (κ1) is 19.9. The Balaban J connectivity index is 1.74. The number of non-ortho nitro benzene ring substituents is 1. The van der Waals surface area contributed by atoms with Crippen LogP contribution in [-0.4, -0.2) is 52.7 Å². The number of nitro benzene ring substituents is 1. The van der Waals surface area contributed by atoms with Crippen molar-refractivity contribution in [3.05, 3.63) is 28.3 Å². The molecular weight excluding hydrogens is 364 g/mol. The normalized spacial score (nSPS) is 17.6. The van der Waals surface area contributed by atoms with Crippen LogP contribution in [0, 0.1) is 10.1 Å². The van der Waals surface area contributed by atoms with Gasteiger partial charge in [-0.15, -0.1) is 0 Å². The molecule has 1 saturated heterocycles. The molecule has 9 nitrogen and oxygen atoms in total. The summed E-state index contributed by atoms with van der Waals surface area (Å²) in [6.45, 7) is 6.76. The first-order chi connectivity index (χ1) is 13.1. The zero-order valence-electron chi connectivity index (χ0n) is 16.7. The predicted molar refractivity (Wildman–Crippen MR) is 105 cm³/mol. The van der Waals surface area contributed by atoms with E-state index in [0.717, 1.165) is 19.3 Å². The number of hydrogen-bond donors (Lipinski definition) is 0. The van der Waals surface area contributed by atoms with Crippen LogP contribution in [0.3, 0.4) is 0 Å². The summed E-state index contributed by atoms with van der Waals surface area (Å²) < 4.78 is 11.3. The van der Waals surface area contributed by atoms with Crippen molar-refractivity contribution >= 4 is 28.9 Å². The Morgan fingerprint density at radius 2 is 2.18 bits per heavy atom. The third kappa shape index (κ3) is 4.52. The van der Waals surface area contributed by atoms with Gasteiger partial charge in [0.05, 0.1) is 11.0 Å². The van der Waals surface area contributed by atoms with Crippen LogP contribution in [0.4, 0.5) is 16.5 Å². The van der Waals surface area contributed by atoms with E-state index in [4.69, 9.17) is 9.15 Å². The van der Waals surface area contributed by atoms with E-state index >= 15 is 0 Å². The van der Waals surface area contributed by atoms with E-state index in [0.29, 0.717) is 30.2 Å². The van der Waals surface area contributed by atoms with Gasteiger partial charge in [-0.25, -0.2) is 4.79 Å². The predicted octanol–water partition coefficient (Wildman–Crippen LogP) is 3.96. The number of likely N-dealkylation sites (tertiary alicyclic amines) is 1. The number of likely N-dealkylation sites (N-methyl/N-ethyl adjacent to an activating group) is 1. The number of amides is 1. The van der Waals surface area contributed by atoms with Crippen molar-refractivity contribution in [1.29, 1.82) is 0 Å². The molecule has 1 unspecified atom stereocenters. The monoisotopic (exact) mass is 390 g/mol. The van der Waals surface area contributed by atoms with Gasteiger partial charge in [-0.2, -0.15) is 4.98 Å². The van der Waals surface area contributed by atoms with Crippen LogP contribution in [0.2, 0.25) is 0 Å². The lowest BCUT2D eigenvalue weighted by molar-refractivity contribution is -0.384. The quantitative estimate of drug-likeness (QED) is 0.575. The minimum Gasteiger partial charge on any atom is -0.444 e. The van der Waals surface area contributed by atoms with Gasteiger partial charge < -0.3 is 19.0 Å². The van der Waals surface area contributed by atoms with E-state index in [-0.39, 0.29) is 17.8 Å². The molecule has 0 bridgehead atoms. The molecule has 9 heteroatoms. The Labute approximate surface area is 163 Å². The van der Waals surface area contributed by atoms with Crippen LogP contribution in [0.15, 0.2) is 22.6 Å². The van der Waals surface area contributed by atoms with E-state index in [1.807, 2.05) is 32.7 Å². The van der Waals surface area contributed by atoms with Gasteiger partial charge in [0.15, 0.2) is 5.58 Å². The summed E-state index contributed by atoms with van der Waals surface area (Å²) in [6, 6.07) is 4.68. The fraction of sp³-hybridized carbons (Fsp3) is 0.579. The van der Waals surface area contributed by atoms with Gasteiger partial charge in [0.2, 0.25) is 0 Å². The van der Waals surface area contributed by atoms with Crippen LogP contribution in [0.25, 0.3) is 11.1 Å². The van der Waals surface area contributed by atoms with Gasteiger partial charge in [-0.05, 0) is 46.1 Å². The number of rotatable bonds is 4. The molecule has 1 aliphatic rings. The number of carbonyl (C=O) groups is 1. The lowest BCUT2D eigenvalue weighted by Crippen LogP contribution is -2.50. The number of anilines is 1. The van der Waals surface area contributed by atoms with Crippen molar-refractivity contribution in [3.8, 4) is 0 Å². The molecule has 152 valence electrons. The molecule has 1 atom stereocenters. The van der Waals surface area contributed by atoms with Crippen molar-refractivity contribution < 1.29 is 18.9 Å². The zero-order chi connectivity index (χ0) is 20.5. The number of aromatic nitrogens is 1. The number of ether oxygens (including phenoxy) is 1. The fourth-order valence-electron chi connectivity index (χ4n) is 3.33. The number of nitro groups is 1. The molecule has 2 heterocycles. The number of benzene rings is 1. The third-order valence-corrected chi connectivity index (χ3v) is 4.64. The van der Waals surface area contributed by atoms with Crippen molar-refractivity contribution in [2.75, 3.05) is 25.0 Å². The highest BCUT2D eigenvalue weighted by molar-refractivity contribution is 5.77. The number of carbonyl (C=O) groups excluding carboxylic acids is 1. The summed E-state index contributed by atoms with van der Waals surface area (Å²) in [7, 11) is 1.83. The second kappa shape index (κ2) is 7.65. The van der Waals surface area contributed by atoms with Gasteiger partial charge in [-0.1, -0.05) is 0 Å². The summed E-state index contributed by atoms with van der Waals surface area (Å²) in [5.41, 5.74) is 0.349. The first-order valence-corrected chi connectivity index (χ1v) is 9.40. The second-order valence-electron chi connectivity index (χ2n) is 8.11. The average Bonchev–Trinajstić information content (AvgIpc) is 3.04. The van der Waals surface area contributed by atoms with Crippen molar-refractivity contribution in [3.63, 3.8) is 0 Å². The van der Waals surface area contributed by atoms with Crippen LogP contribution in [-0.2, 0) is 4.74 Å². The average molecular weight is 390 g/mol. The van der Waals surface area contributed by atoms with Crippen LogP contribution in [0.5, 0.6) is 0 Å². The van der Waals surface area contributed by atoms with Crippen LogP contribution in [0.1, 0.15) is 40.0 Å². The lowest BCUT2D eigenvalue weighted by atomic mass is 10.0. The largest absolute Gasteiger partial charge is 0.444 e. The molecule has 1 amide bonds. The topological polar surface area (TPSA) is 102 Å².